The van der Waals surface area contributed by atoms with Crippen LogP contribution in [0.15, 0.2) is 60.8 Å². The first-order chi connectivity index (χ1) is 15.7. The largest absolute Gasteiger partial charge is 0.332 e. The average molecular weight is 466 g/mol. The van der Waals surface area contributed by atoms with Crippen molar-refractivity contribution in [3.63, 3.8) is 0 Å². The molecule has 0 N–H and O–H groups in total. The summed E-state index contributed by atoms with van der Waals surface area (Å²) in [5.74, 6) is 2.66. The van der Waals surface area contributed by atoms with E-state index >= 15 is 0 Å². The fraction of sp³-hybridized carbons (Fsp3) is 0.160. The lowest BCUT2D eigenvalue weighted by molar-refractivity contribution is -0.122. The van der Waals surface area contributed by atoms with Crippen LogP contribution in [0.25, 0.3) is 0 Å². The zero-order chi connectivity index (χ0) is 23.8. The Balaban J connectivity index is 1.67. The summed E-state index contributed by atoms with van der Waals surface area (Å²) in [6.45, 7) is 1.68. The lowest BCUT2D eigenvalue weighted by Gasteiger charge is -2.45. The highest BCUT2D eigenvalue weighted by Gasteiger charge is 2.47. The molecule has 1 atom stereocenters. The zero-order valence-corrected chi connectivity index (χ0v) is 18.5. The molecule has 2 aromatic carbocycles. The van der Waals surface area contributed by atoms with Crippen LogP contribution < -0.4 is 4.90 Å². The van der Waals surface area contributed by atoms with Crippen LogP contribution in [-0.4, -0.2) is 28.9 Å². The van der Waals surface area contributed by atoms with Crippen LogP contribution in [0.3, 0.4) is 0 Å². The van der Waals surface area contributed by atoms with Crippen LogP contribution in [0.2, 0.25) is 5.15 Å². The predicted octanol–water partition coefficient (Wildman–Crippen LogP) is 5.12. The van der Waals surface area contributed by atoms with E-state index in [2.05, 4.69) is 16.8 Å². The monoisotopic (exact) mass is 465 g/mol. The number of anilines is 1. The molecule has 1 aliphatic heterocycles. The Bertz CT molecular complexity index is 1280. The second-order valence-corrected chi connectivity index (χ2v) is 8.18. The van der Waals surface area contributed by atoms with E-state index in [1.807, 2.05) is 6.07 Å². The second-order valence-electron chi connectivity index (χ2n) is 7.80. The normalized spacial score (nSPS) is 18.2. The van der Waals surface area contributed by atoms with Crippen molar-refractivity contribution >= 4 is 29.2 Å². The molecule has 1 fully saturated rings. The first kappa shape index (κ1) is 22.4. The molecule has 1 saturated heterocycles. The molecule has 0 spiro atoms. The van der Waals surface area contributed by atoms with E-state index in [1.165, 1.54) is 18.1 Å². The number of carbonyl (C=O) groups excluding carboxylic acids is 2. The molecule has 4 rings (SSSR count). The van der Waals surface area contributed by atoms with Crippen molar-refractivity contribution in [1.29, 1.82) is 0 Å². The Morgan fingerprint density at radius 2 is 1.64 bits per heavy atom. The molecule has 0 bridgehead atoms. The summed E-state index contributed by atoms with van der Waals surface area (Å²) in [5.41, 5.74) is -0.445. The van der Waals surface area contributed by atoms with Crippen LogP contribution in [0, 0.1) is 23.5 Å². The Morgan fingerprint density at radius 3 is 2.24 bits per heavy atom. The smallest absolute Gasteiger partial charge is 0.317 e. The fourth-order valence-electron chi connectivity index (χ4n) is 3.69. The molecule has 1 aliphatic rings. The average Bonchev–Trinajstić information content (AvgIpc) is 2.79. The van der Waals surface area contributed by atoms with Crippen molar-refractivity contribution < 1.29 is 18.4 Å². The maximum absolute atomic E-state index is 15.0. The summed E-state index contributed by atoms with van der Waals surface area (Å²) >= 11 is 5.84. The minimum atomic E-state index is -1.06. The quantitative estimate of drug-likeness (QED) is 0.390. The number of hydrogen-bond donors (Lipinski definition) is 0. The van der Waals surface area contributed by atoms with E-state index in [0.717, 1.165) is 12.1 Å². The minimum absolute atomic E-state index is 0.0833. The molecule has 1 aromatic heterocycles. The summed E-state index contributed by atoms with van der Waals surface area (Å²) in [5, 5.41) is 0.264. The van der Waals surface area contributed by atoms with Gasteiger partial charge in [0.05, 0.1) is 12.0 Å². The van der Waals surface area contributed by atoms with Crippen molar-refractivity contribution in [2.45, 2.75) is 18.9 Å². The van der Waals surface area contributed by atoms with Gasteiger partial charge in [-0.1, -0.05) is 47.7 Å². The van der Waals surface area contributed by atoms with Gasteiger partial charge >= 0.3 is 6.03 Å². The molecule has 2 heterocycles. The summed E-state index contributed by atoms with van der Waals surface area (Å²) in [4.78, 5) is 31.9. The Labute approximate surface area is 194 Å². The third-order valence-corrected chi connectivity index (χ3v) is 5.90. The van der Waals surface area contributed by atoms with Gasteiger partial charge in [0.1, 0.15) is 10.8 Å². The van der Waals surface area contributed by atoms with Crippen molar-refractivity contribution in [1.82, 2.24) is 9.88 Å². The van der Waals surface area contributed by atoms with E-state index in [9.17, 15) is 18.4 Å². The number of pyridine rings is 1. The molecule has 8 heteroatoms. The van der Waals surface area contributed by atoms with Gasteiger partial charge in [0.2, 0.25) is 5.91 Å². The molecule has 3 amide bonds. The van der Waals surface area contributed by atoms with Crippen molar-refractivity contribution in [2.75, 3.05) is 11.9 Å². The number of rotatable bonds is 2. The molecule has 0 unspecified atom stereocenters. The lowest BCUT2D eigenvalue weighted by atomic mass is 9.86. The number of nitrogens with zero attached hydrogens (tertiary/aromatic N) is 3. The van der Waals surface area contributed by atoms with E-state index in [-0.39, 0.29) is 17.1 Å². The number of halogens is 3. The number of hydrogen-bond acceptors (Lipinski definition) is 3. The van der Waals surface area contributed by atoms with Gasteiger partial charge in [0, 0.05) is 24.4 Å². The zero-order valence-electron chi connectivity index (χ0n) is 17.8. The Kier molecular flexibility index (Phi) is 5.88. The fourth-order valence-corrected chi connectivity index (χ4v) is 3.80. The standard InChI is InChI=1S/C25H18ClF2N3O2/c1-25(18-10-11-21(26)29-15-18)14-22(32)31(24(33)30(25)2)23-19(27)12-17(13-20(23)28)9-8-16-6-4-3-5-7-16/h3-7,10-13,15H,14H2,1-2H3/t25-/m0/s1. The van der Waals surface area contributed by atoms with Gasteiger partial charge in [0.25, 0.3) is 0 Å². The Hall–Kier alpha value is -3.76. The third-order valence-electron chi connectivity index (χ3n) is 5.68. The van der Waals surface area contributed by atoms with E-state index in [0.29, 0.717) is 16.0 Å². The number of carbonyl (C=O) groups is 2. The summed E-state index contributed by atoms with van der Waals surface area (Å²) < 4.78 is 29.9. The van der Waals surface area contributed by atoms with E-state index in [1.54, 1.807) is 43.3 Å². The maximum Gasteiger partial charge on any atom is 0.332 e. The summed E-state index contributed by atoms with van der Waals surface area (Å²) in [6, 6.07) is 13.3. The molecule has 3 aromatic rings. The molecule has 33 heavy (non-hydrogen) atoms. The van der Waals surface area contributed by atoms with Gasteiger partial charge < -0.3 is 4.90 Å². The van der Waals surface area contributed by atoms with E-state index in [4.69, 9.17) is 11.6 Å². The molecule has 0 saturated carbocycles. The highest BCUT2D eigenvalue weighted by atomic mass is 35.5. The summed E-state index contributed by atoms with van der Waals surface area (Å²) in [6.07, 6.45) is 1.27. The lowest BCUT2D eigenvalue weighted by Crippen LogP contribution is -2.60. The topological polar surface area (TPSA) is 53.5 Å². The molecular weight excluding hydrogens is 448 g/mol. The SMILES string of the molecule is CN1C(=O)N(c2c(F)cc(C#Cc3ccccc3)cc2F)C(=O)C[C@@]1(C)c1ccc(Cl)nc1. The van der Waals surface area contributed by atoms with Gasteiger partial charge in [-0.2, -0.15) is 0 Å². The van der Waals surface area contributed by atoms with Gasteiger partial charge in [0.15, 0.2) is 11.6 Å². The molecule has 166 valence electrons. The van der Waals surface area contributed by atoms with Gasteiger partial charge in [-0.25, -0.2) is 23.5 Å². The van der Waals surface area contributed by atoms with Crippen molar-refractivity contribution in [3.05, 3.63) is 94.3 Å². The highest BCUT2D eigenvalue weighted by molar-refractivity contribution is 6.29. The van der Waals surface area contributed by atoms with Crippen LogP contribution in [-0.2, 0) is 10.3 Å². The first-order valence-corrected chi connectivity index (χ1v) is 10.4. The van der Waals surface area contributed by atoms with Crippen LogP contribution in [0.4, 0.5) is 19.3 Å². The van der Waals surface area contributed by atoms with Gasteiger partial charge in [-0.3, -0.25) is 4.79 Å². The van der Waals surface area contributed by atoms with Crippen LogP contribution in [0.1, 0.15) is 30.0 Å². The number of benzene rings is 2. The highest BCUT2D eigenvalue weighted by Crippen LogP contribution is 2.39. The summed E-state index contributed by atoms with van der Waals surface area (Å²) in [7, 11) is 1.46. The van der Waals surface area contributed by atoms with Crippen molar-refractivity contribution in [2.24, 2.45) is 0 Å². The van der Waals surface area contributed by atoms with Crippen molar-refractivity contribution in [3.8, 4) is 11.8 Å². The van der Waals surface area contributed by atoms with Crippen LogP contribution >= 0.6 is 11.6 Å². The van der Waals surface area contributed by atoms with Gasteiger partial charge in [-0.15, -0.1) is 0 Å². The third kappa shape index (κ3) is 4.18. The molecule has 0 aliphatic carbocycles. The molecule has 0 radical (unpaired) electrons. The first-order valence-electron chi connectivity index (χ1n) is 9.99. The number of imide groups is 1. The molecular formula is C25H18ClF2N3O2. The van der Waals surface area contributed by atoms with E-state index < -0.39 is 34.8 Å². The number of aromatic nitrogens is 1. The van der Waals surface area contributed by atoms with Gasteiger partial charge in [-0.05, 0) is 42.8 Å². The Morgan fingerprint density at radius 1 is 1.00 bits per heavy atom. The number of urea groups is 1. The maximum atomic E-state index is 15.0. The minimum Gasteiger partial charge on any atom is -0.317 e. The predicted molar refractivity (Wildman–Crippen MR) is 121 cm³/mol. The second kappa shape index (κ2) is 8.64. The number of amides is 3. The van der Waals surface area contributed by atoms with Crippen LogP contribution in [0.5, 0.6) is 0 Å². The molecule has 5 nitrogen and oxygen atoms in total.